The monoisotopic (exact) mass is 248 g/mol. The molecule has 0 bridgehead atoms. The lowest BCUT2D eigenvalue weighted by atomic mass is 9.72. The van der Waals surface area contributed by atoms with Gasteiger partial charge in [0.05, 0.1) is 5.66 Å². The van der Waals surface area contributed by atoms with E-state index in [-0.39, 0.29) is 5.66 Å². The Morgan fingerprint density at radius 2 is 1.44 bits per heavy atom. The molecule has 4 heteroatoms. The molecule has 0 amide bonds. The molecule has 0 radical (unpaired) electrons. The molecule has 3 nitrogen and oxygen atoms in total. The van der Waals surface area contributed by atoms with Crippen LogP contribution < -0.4 is 0 Å². The van der Waals surface area contributed by atoms with E-state index in [0.29, 0.717) is 5.41 Å². The van der Waals surface area contributed by atoms with E-state index in [0.717, 1.165) is 31.6 Å². The van der Waals surface area contributed by atoms with Crippen molar-refractivity contribution in [2.75, 3.05) is 14.2 Å². The van der Waals surface area contributed by atoms with E-state index in [4.69, 9.17) is 9.05 Å². The van der Waals surface area contributed by atoms with Crippen molar-refractivity contribution in [2.45, 2.75) is 52.1 Å². The first-order valence-corrected chi connectivity index (χ1v) is 7.66. The molecule has 1 fully saturated rings. The summed E-state index contributed by atoms with van der Waals surface area (Å²) in [5.41, 5.74) is 0.454. The van der Waals surface area contributed by atoms with Crippen molar-refractivity contribution >= 4 is 7.60 Å². The highest BCUT2D eigenvalue weighted by Gasteiger charge is 2.39. The maximum atomic E-state index is 12.2. The van der Waals surface area contributed by atoms with Gasteiger partial charge in [-0.1, -0.05) is 20.8 Å². The summed E-state index contributed by atoms with van der Waals surface area (Å²) < 4.78 is 22.4. The molecular formula is C12H25O3P. The maximum Gasteiger partial charge on any atom is 0.333 e. The van der Waals surface area contributed by atoms with Crippen molar-refractivity contribution in [3.63, 3.8) is 0 Å². The second-order valence-electron chi connectivity index (χ2n) is 5.78. The van der Waals surface area contributed by atoms with Gasteiger partial charge in [0.25, 0.3) is 0 Å². The van der Waals surface area contributed by atoms with E-state index in [1.54, 1.807) is 0 Å². The average Bonchev–Trinajstić information content (AvgIpc) is 2.27. The van der Waals surface area contributed by atoms with E-state index in [2.05, 4.69) is 20.8 Å². The van der Waals surface area contributed by atoms with Crippen LogP contribution in [-0.2, 0) is 13.6 Å². The minimum atomic E-state index is -2.84. The van der Waals surface area contributed by atoms with Gasteiger partial charge < -0.3 is 9.05 Å². The van der Waals surface area contributed by atoms with Gasteiger partial charge in [0.1, 0.15) is 0 Å². The smallest absolute Gasteiger partial charge is 0.312 e. The predicted octanol–water partition coefficient (Wildman–Crippen LogP) is 4.08. The third kappa shape index (κ3) is 3.09. The Kier molecular flexibility index (Phi) is 4.62. The molecule has 0 aromatic carbocycles. The van der Waals surface area contributed by atoms with E-state index in [1.807, 2.05) is 0 Å². The summed E-state index contributed by atoms with van der Waals surface area (Å²) in [7, 11) is 0.137. The van der Waals surface area contributed by atoms with Gasteiger partial charge in [-0.2, -0.15) is 0 Å². The van der Waals surface area contributed by atoms with Gasteiger partial charge in [-0.25, -0.2) is 0 Å². The van der Waals surface area contributed by atoms with Crippen LogP contribution in [-0.4, -0.2) is 19.9 Å². The lowest BCUT2D eigenvalue weighted by molar-refractivity contribution is 0.169. The second kappa shape index (κ2) is 5.20. The quantitative estimate of drug-likeness (QED) is 0.706. The number of hydrogen-bond acceptors (Lipinski definition) is 3. The first-order chi connectivity index (χ1) is 7.33. The van der Waals surface area contributed by atoms with E-state index < -0.39 is 7.60 Å². The van der Waals surface area contributed by atoms with Crippen molar-refractivity contribution in [3.05, 3.63) is 0 Å². The molecule has 0 saturated heterocycles. The molecule has 1 rings (SSSR count). The molecule has 0 spiro atoms. The highest BCUT2D eigenvalue weighted by molar-refractivity contribution is 7.54. The Balaban J connectivity index is 2.59. The van der Waals surface area contributed by atoms with E-state index in [9.17, 15) is 4.57 Å². The Morgan fingerprint density at radius 1 is 1.00 bits per heavy atom. The molecule has 0 unspecified atom stereocenters. The largest absolute Gasteiger partial charge is 0.333 e. The molecule has 0 N–H and O–H groups in total. The Morgan fingerprint density at radius 3 is 1.75 bits per heavy atom. The highest BCUT2D eigenvalue weighted by atomic mass is 31.2. The van der Waals surface area contributed by atoms with Crippen LogP contribution in [0.4, 0.5) is 0 Å². The lowest BCUT2D eigenvalue weighted by Gasteiger charge is -2.38. The summed E-state index contributed by atoms with van der Waals surface area (Å²) in [5.74, 6) is 0.728. The standard InChI is InChI=1S/C12H25O3P/c1-12(2,3)10-6-8-11(9-7-10)16(13,14-4)15-5/h10-11H,6-9H2,1-5H3. The zero-order chi connectivity index (χ0) is 12.4. The van der Waals surface area contributed by atoms with Crippen molar-refractivity contribution in [2.24, 2.45) is 11.3 Å². The van der Waals surface area contributed by atoms with Crippen LogP contribution in [0.1, 0.15) is 46.5 Å². The van der Waals surface area contributed by atoms with Gasteiger partial charge in [0, 0.05) is 14.2 Å². The van der Waals surface area contributed by atoms with Gasteiger partial charge in [0.15, 0.2) is 0 Å². The minimum Gasteiger partial charge on any atom is -0.312 e. The molecule has 0 atom stereocenters. The summed E-state index contributed by atoms with van der Waals surface area (Å²) >= 11 is 0. The molecule has 0 aliphatic heterocycles. The zero-order valence-corrected chi connectivity index (χ0v) is 12.0. The molecule has 16 heavy (non-hydrogen) atoms. The average molecular weight is 248 g/mol. The van der Waals surface area contributed by atoms with Crippen molar-refractivity contribution < 1.29 is 13.6 Å². The maximum absolute atomic E-state index is 12.2. The van der Waals surface area contributed by atoms with E-state index >= 15 is 0 Å². The highest BCUT2D eigenvalue weighted by Crippen LogP contribution is 2.57. The van der Waals surface area contributed by atoms with Gasteiger partial charge in [-0.15, -0.1) is 0 Å². The fourth-order valence-corrected chi connectivity index (χ4v) is 4.31. The van der Waals surface area contributed by atoms with Crippen LogP contribution in [0.25, 0.3) is 0 Å². The van der Waals surface area contributed by atoms with Crippen molar-refractivity contribution in [1.82, 2.24) is 0 Å². The van der Waals surface area contributed by atoms with Gasteiger partial charge in [-0.3, -0.25) is 4.57 Å². The first kappa shape index (κ1) is 14.2. The fourth-order valence-electron chi connectivity index (χ4n) is 2.63. The number of hydrogen-bond donors (Lipinski definition) is 0. The fraction of sp³-hybridized carbons (Fsp3) is 1.00. The second-order valence-corrected chi connectivity index (χ2v) is 8.32. The number of rotatable bonds is 3. The molecule has 1 aliphatic carbocycles. The van der Waals surface area contributed by atoms with Crippen molar-refractivity contribution in [3.8, 4) is 0 Å². The molecule has 0 aromatic rings. The van der Waals surface area contributed by atoms with Gasteiger partial charge in [0.2, 0.25) is 0 Å². The molecule has 1 saturated carbocycles. The minimum absolute atomic E-state index is 0.0982. The summed E-state index contributed by atoms with van der Waals surface area (Å²) in [6.07, 6.45) is 4.18. The molecule has 1 aliphatic rings. The third-order valence-corrected chi connectivity index (χ3v) is 6.31. The SMILES string of the molecule is COP(=O)(OC)C1CCC(C(C)(C)C)CC1. The first-order valence-electron chi connectivity index (χ1n) is 6.04. The van der Waals surface area contributed by atoms with Crippen LogP contribution in [0.2, 0.25) is 0 Å². The van der Waals surface area contributed by atoms with Crippen LogP contribution >= 0.6 is 7.60 Å². The van der Waals surface area contributed by atoms with Crippen LogP contribution in [0, 0.1) is 11.3 Å². The molecular weight excluding hydrogens is 223 g/mol. The molecule has 0 aromatic heterocycles. The molecule has 96 valence electrons. The summed E-state index contributed by atoms with van der Waals surface area (Å²) in [6.45, 7) is 6.85. The summed E-state index contributed by atoms with van der Waals surface area (Å²) in [6, 6.07) is 0. The normalized spacial score (nSPS) is 28.1. The lowest BCUT2D eigenvalue weighted by Crippen LogP contribution is -2.28. The van der Waals surface area contributed by atoms with Crippen LogP contribution in [0.3, 0.4) is 0 Å². The predicted molar refractivity (Wildman–Crippen MR) is 66.8 cm³/mol. The Labute approximate surface area is 99.4 Å². The Hall–Kier alpha value is 0.150. The summed E-state index contributed by atoms with van der Waals surface area (Å²) in [4.78, 5) is 0. The van der Waals surface area contributed by atoms with Crippen molar-refractivity contribution in [1.29, 1.82) is 0 Å². The molecule has 0 heterocycles. The van der Waals surface area contributed by atoms with E-state index in [1.165, 1.54) is 14.2 Å². The van der Waals surface area contributed by atoms with Crippen LogP contribution in [0.5, 0.6) is 0 Å². The van der Waals surface area contributed by atoms with Gasteiger partial charge in [-0.05, 0) is 37.0 Å². The zero-order valence-electron chi connectivity index (χ0n) is 11.2. The van der Waals surface area contributed by atoms with Crippen LogP contribution in [0.15, 0.2) is 0 Å². The summed E-state index contributed by atoms with van der Waals surface area (Å²) in [5, 5.41) is 0. The van der Waals surface area contributed by atoms with Gasteiger partial charge >= 0.3 is 7.60 Å². The topological polar surface area (TPSA) is 35.5 Å². The third-order valence-electron chi connectivity index (χ3n) is 3.88. The Bertz CT molecular complexity index is 254.